The van der Waals surface area contributed by atoms with Crippen LogP contribution in [0.25, 0.3) is 6.08 Å². The molecule has 2 heterocycles. The maximum atomic E-state index is 14.0. The van der Waals surface area contributed by atoms with Crippen molar-refractivity contribution < 1.29 is 28.2 Å². The van der Waals surface area contributed by atoms with E-state index in [1.807, 2.05) is 0 Å². The Morgan fingerprint density at radius 2 is 1.89 bits per heavy atom. The Hall–Kier alpha value is -3.47. The molecular weight excluding hydrogens is 532 g/mol. The van der Waals surface area contributed by atoms with Crippen molar-refractivity contribution in [3.05, 3.63) is 80.8 Å². The summed E-state index contributed by atoms with van der Waals surface area (Å²) in [6.45, 7) is 1.63. The van der Waals surface area contributed by atoms with Crippen LogP contribution in [0.1, 0.15) is 22.8 Å². The summed E-state index contributed by atoms with van der Waals surface area (Å²) < 4.78 is 25.1. The van der Waals surface area contributed by atoms with Crippen LogP contribution in [0.3, 0.4) is 0 Å². The SMILES string of the molecule is CCOc1cc(/C=C2/SC(=O)N(CC(=O)c3ccc(Cl)cc3)C2=O)ccc1Oc1nc(Cl)ncc1F. The molecule has 1 aliphatic heterocycles. The molecule has 1 saturated heterocycles. The summed E-state index contributed by atoms with van der Waals surface area (Å²) in [7, 11) is 0. The van der Waals surface area contributed by atoms with Crippen molar-refractivity contribution >= 4 is 58.0 Å². The fourth-order valence-electron chi connectivity index (χ4n) is 3.13. The van der Waals surface area contributed by atoms with Crippen LogP contribution >= 0.6 is 35.0 Å². The Balaban J connectivity index is 1.54. The molecule has 184 valence electrons. The lowest BCUT2D eigenvalue weighted by Gasteiger charge is -2.12. The number of Topliss-reactive ketones (excluding diaryl/α,β-unsaturated/α-hetero) is 1. The average Bonchev–Trinajstić information content (AvgIpc) is 3.10. The van der Waals surface area contributed by atoms with E-state index < -0.39 is 29.3 Å². The van der Waals surface area contributed by atoms with Crippen molar-refractivity contribution in [2.45, 2.75) is 6.92 Å². The van der Waals surface area contributed by atoms with Crippen LogP contribution in [0.15, 0.2) is 53.6 Å². The quantitative estimate of drug-likeness (QED) is 0.191. The van der Waals surface area contributed by atoms with Gasteiger partial charge in [0.1, 0.15) is 0 Å². The summed E-state index contributed by atoms with van der Waals surface area (Å²) in [6, 6.07) is 10.8. The van der Waals surface area contributed by atoms with Gasteiger partial charge in [0, 0.05) is 10.6 Å². The minimum Gasteiger partial charge on any atom is -0.490 e. The number of rotatable bonds is 8. The number of carbonyl (C=O) groups is 3. The third kappa shape index (κ3) is 5.84. The highest BCUT2D eigenvalue weighted by molar-refractivity contribution is 8.18. The Morgan fingerprint density at radius 1 is 1.14 bits per heavy atom. The van der Waals surface area contributed by atoms with Crippen LogP contribution in [-0.4, -0.2) is 44.9 Å². The zero-order chi connectivity index (χ0) is 25.8. The van der Waals surface area contributed by atoms with Gasteiger partial charge in [0.25, 0.3) is 17.0 Å². The van der Waals surface area contributed by atoms with E-state index in [-0.39, 0.29) is 34.2 Å². The molecule has 2 amide bonds. The summed E-state index contributed by atoms with van der Waals surface area (Å²) >= 11 is 12.3. The molecule has 1 fully saturated rings. The van der Waals surface area contributed by atoms with Crippen LogP contribution in [0, 0.1) is 5.82 Å². The highest BCUT2D eigenvalue weighted by Crippen LogP contribution is 2.36. The van der Waals surface area contributed by atoms with Gasteiger partial charge in [-0.05, 0) is 78.3 Å². The molecule has 12 heteroatoms. The Bertz CT molecular complexity index is 1380. The lowest BCUT2D eigenvalue weighted by Crippen LogP contribution is -2.33. The maximum Gasteiger partial charge on any atom is 0.293 e. The van der Waals surface area contributed by atoms with Crippen LogP contribution in [0.4, 0.5) is 9.18 Å². The molecule has 36 heavy (non-hydrogen) atoms. The zero-order valence-corrected chi connectivity index (χ0v) is 20.9. The van der Waals surface area contributed by atoms with E-state index in [0.717, 1.165) is 22.9 Å². The molecule has 1 aliphatic rings. The van der Waals surface area contributed by atoms with Gasteiger partial charge in [-0.15, -0.1) is 0 Å². The molecule has 0 spiro atoms. The fraction of sp³-hybridized carbons (Fsp3) is 0.125. The number of hydrogen-bond acceptors (Lipinski definition) is 8. The minimum absolute atomic E-state index is 0.133. The van der Waals surface area contributed by atoms with Gasteiger partial charge in [-0.25, -0.2) is 4.98 Å². The van der Waals surface area contributed by atoms with Gasteiger partial charge in [0.2, 0.25) is 11.1 Å². The summed E-state index contributed by atoms with van der Waals surface area (Å²) in [6.07, 6.45) is 2.37. The molecule has 2 aromatic carbocycles. The molecule has 0 bridgehead atoms. The highest BCUT2D eigenvalue weighted by atomic mass is 35.5. The number of aromatic nitrogens is 2. The molecule has 0 atom stereocenters. The number of thioether (sulfide) groups is 1. The number of imide groups is 1. The van der Waals surface area contributed by atoms with E-state index in [1.165, 1.54) is 24.3 Å². The second-order valence-corrected chi connectivity index (χ2v) is 9.00. The Morgan fingerprint density at radius 3 is 2.61 bits per heavy atom. The first-order valence-electron chi connectivity index (χ1n) is 10.4. The van der Waals surface area contributed by atoms with Crippen LogP contribution < -0.4 is 9.47 Å². The third-order valence-corrected chi connectivity index (χ3v) is 6.14. The topological polar surface area (TPSA) is 98.7 Å². The number of ketones is 1. The third-order valence-electron chi connectivity index (χ3n) is 4.80. The van der Waals surface area contributed by atoms with Crippen LogP contribution in [0.5, 0.6) is 17.4 Å². The summed E-state index contributed by atoms with van der Waals surface area (Å²) in [4.78, 5) is 46.1. The highest BCUT2D eigenvalue weighted by Gasteiger charge is 2.36. The molecule has 3 aromatic rings. The summed E-state index contributed by atoms with van der Waals surface area (Å²) in [5.74, 6) is -1.78. The Labute approximate surface area is 219 Å². The van der Waals surface area contributed by atoms with E-state index in [9.17, 15) is 18.8 Å². The number of carbonyl (C=O) groups excluding carboxylic acids is 3. The van der Waals surface area contributed by atoms with Gasteiger partial charge in [0.15, 0.2) is 17.3 Å². The predicted molar refractivity (Wildman–Crippen MR) is 133 cm³/mol. The lowest BCUT2D eigenvalue weighted by molar-refractivity contribution is -0.122. The molecule has 4 rings (SSSR count). The number of halogens is 3. The largest absolute Gasteiger partial charge is 0.490 e. The van der Waals surface area contributed by atoms with E-state index >= 15 is 0 Å². The smallest absolute Gasteiger partial charge is 0.293 e. The molecule has 0 radical (unpaired) electrons. The standard InChI is InChI=1S/C24H16Cl2FN3O5S/c1-2-34-19-9-13(3-8-18(19)35-21-16(27)11-28-23(26)29-21)10-20-22(32)30(24(33)36-20)12-17(31)14-4-6-15(25)7-5-14/h3-11H,2,12H2,1H3/b20-10+. The van der Waals surface area contributed by atoms with Crippen molar-refractivity contribution in [3.8, 4) is 17.4 Å². The number of ether oxygens (including phenoxy) is 2. The number of hydrogen-bond donors (Lipinski definition) is 0. The number of nitrogens with zero attached hydrogens (tertiary/aromatic N) is 3. The first-order chi connectivity index (χ1) is 17.2. The van der Waals surface area contributed by atoms with E-state index in [2.05, 4.69) is 9.97 Å². The zero-order valence-electron chi connectivity index (χ0n) is 18.5. The maximum absolute atomic E-state index is 14.0. The van der Waals surface area contributed by atoms with Crippen LogP contribution in [0.2, 0.25) is 10.3 Å². The monoisotopic (exact) mass is 547 g/mol. The van der Waals surface area contributed by atoms with E-state index in [4.69, 9.17) is 32.7 Å². The molecular formula is C24H16Cl2FN3O5S. The van der Waals surface area contributed by atoms with Crippen molar-refractivity contribution in [1.29, 1.82) is 0 Å². The lowest BCUT2D eigenvalue weighted by atomic mass is 10.1. The molecule has 0 unspecified atom stereocenters. The second kappa shape index (κ2) is 11.1. The van der Waals surface area contributed by atoms with Crippen molar-refractivity contribution in [3.63, 3.8) is 0 Å². The normalized spacial score (nSPS) is 14.4. The van der Waals surface area contributed by atoms with Gasteiger partial charge < -0.3 is 9.47 Å². The molecule has 0 aliphatic carbocycles. The predicted octanol–water partition coefficient (Wildman–Crippen LogP) is 6.03. The Kier molecular flexibility index (Phi) is 7.88. The van der Waals surface area contributed by atoms with Crippen molar-refractivity contribution in [2.75, 3.05) is 13.2 Å². The molecule has 0 saturated carbocycles. The molecule has 0 N–H and O–H groups in total. The van der Waals surface area contributed by atoms with Crippen molar-refractivity contribution in [2.24, 2.45) is 0 Å². The van der Waals surface area contributed by atoms with E-state index in [0.29, 0.717) is 16.1 Å². The van der Waals surface area contributed by atoms with Crippen molar-refractivity contribution in [1.82, 2.24) is 14.9 Å². The van der Waals surface area contributed by atoms with Crippen LogP contribution in [-0.2, 0) is 4.79 Å². The average molecular weight is 548 g/mol. The van der Waals surface area contributed by atoms with Gasteiger partial charge >= 0.3 is 0 Å². The fourth-order valence-corrected chi connectivity index (χ4v) is 4.22. The number of benzene rings is 2. The first kappa shape index (κ1) is 25.6. The van der Waals surface area contributed by atoms with E-state index in [1.54, 1.807) is 31.2 Å². The molecule has 8 nitrogen and oxygen atoms in total. The second-order valence-electron chi connectivity index (χ2n) is 7.23. The summed E-state index contributed by atoms with van der Waals surface area (Å²) in [5, 5.41) is -0.282. The minimum atomic E-state index is -0.812. The molecule has 1 aromatic heterocycles. The number of amides is 2. The van der Waals surface area contributed by atoms with Gasteiger partial charge in [-0.3, -0.25) is 19.3 Å². The van der Waals surface area contributed by atoms with Gasteiger partial charge in [-0.1, -0.05) is 17.7 Å². The van der Waals surface area contributed by atoms with Gasteiger partial charge in [-0.2, -0.15) is 9.37 Å². The summed E-state index contributed by atoms with van der Waals surface area (Å²) in [5.41, 5.74) is 0.849. The first-order valence-corrected chi connectivity index (χ1v) is 12.0. The van der Waals surface area contributed by atoms with Gasteiger partial charge in [0.05, 0.1) is 24.3 Å².